The van der Waals surface area contributed by atoms with Crippen LogP contribution in [0.5, 0.6) is 0 Å². The molecule has 5 nitrogen and oxygen atoms in total. The van der Waals surface area contributed by atoms with E-state index in [1.807, 2.05) is 43.3 Å². The van der Waals surface area contributed by atoms with E-state index in [1.165, 1.54) is 6.07 Å². The van der Waals surface area contributed by atoms with Crippen LogP contribution < -0.4 is 10.9 Å². The number of aromatic amines is 1. The number of carbonyl (C=O) groups excluding carboxylic acids is 1. The molecule has 0 radical (unpaired) electrons. The molecule has 1 heterocycles. The van der Waals surface area contributed by atoms with Gasteiger partial charge in [-0.1, -0.05) is 29.8 Å². The lowest BCUT2D eigenvalue weighted by Gasteiger charge is -2.06. The second-order valence-electron chi connectivity index (χ2n) is 5.21. The Morgan fingerprint density at radius 1 is 1.00 bits per heavy atom. The van der Waals surface area contributed by atoms with Crippen molar-refractivity contribution in [2.45, 2.75) is 11.8 Å². The Balaban J connectivity index is 1.65. The number of amides is 1. The maximum atomic E-state index is 12.1. The molecule has 0 spiro atoms. The van der Waals surface area contributed by atoms with Gasteiger partial charge in [-0.05, 0) is 49.0 Å². The molecular weight excluding hydrogens is 322 g/mol. The summed E-state index contributed by atoms with van der Waals surface area (Å²) in [6, 6.07) is 18.2. The van der Waals surface area contributed by atoms with Gasteiger partial charge in [-0.3, -0.25) is 9.59 Å². The fourth-order valence-corrected chi connectivity index (χ4v) is 2.74. The van der Waals surface area contributed by atoms with Crippen molar-refractivity contribution in [2.75, 3.05) is 5.32 Å². The second kappa shape index (κ2) is 7.14. The van der Waals surface area contributed by atoms with Crippen molar-refractivity contribution in [2.24, 2.45) is 0 Å². The maximum absolute atomic E-state index is 12.1. The smallest absolute Gasteiger partial charge is 0.288 e. The molecule has 0 unspecified atom stereocenters. The number of nitrogens with zero attached hydrogens (tertiary/aromatic N) is 1. The predicted octanol–water partition coefficient (Wildman–Crippen LogP) is 4.07. The lowest BCUT2D eigenvalue weighted by atomic mass is 10.1. The first-order chi connectivity index (χ1) is 11.6. The Morgan fingerprint density at radius 3 is 2.33 bits per heavy atom. The molecule has 0 atom stereocenters. The first kappa shape index (κ1) is 16.0. The van der Waals surface area contributed by atoms with E-state index in [1.54, 1.807) is 18.2 Å². The van der Waals surface area contributed by atoms with Crippen LogP contribution in [0.3, 0.4) is 0 Å². The van der Waals surface area contributed by atoms with Crippen LogP contribution in [-0.4, -0.2) is 15.4 Å². The van der Waals surface area contributed by atoms with Crippen molar-refractivity contribution in [1.29, 1.82) is 0 Å². The average molecular weight is 337 g/mol. The van der Waals surface area contributed by atoms with Crippen molar-refractivity contribution in [3.05, 3.63) is 76.6 Å². The monoisotopic (exact) mass is 337 g/mol. The summed E-state index contributed by atoms with van der Waals surface area (Å²) in [5.41, 5.74) is 3.15. The highest BCUT2D eigenvalue weighted by molar-refractivity contribution is 8.13. The zero-order chi connectivity index (χ0) is 16.9. The van der Waals surface area contributed by atoms with Crippen LogP contribution in [0.15, 0.2) is 70.4 Å². The molecule has 0 aliphatic carbocycles. The number of rotatable bonds is 3. The van der Waals surface area contributed by atoms with Gasteiger partial charge in [0, 0.05) is 22.2 Å². The van der Waals surface area contributed by atoms with Crippen LogP contribution in [0.4, 0.5) is 10.5 Å². The van der Waals surface area contributed by atoms with E-state index in [4.69, 9.17) is 0 Å². The van der Waals surface area contributed by atoms with Gasteiger partial charge < -0.3 is 5.32 Å². The minimum Gasteiger partial charge on any atom is -0.317 e. The Labute approximate surface area is 143 Å². The topological polar surface area (TPSA) is 74.8 Å². The third-order valence-corrected chi connectivity index (χ3v) is 4.13. The number of aryl methyl sites for hydroxylation is 1. The molecule has 2 aromatic carbocycles. The van der Waals surface area contributed by atoms with Crippen LogP contribution in [0.1, 0.15) is 5.56 Å². The molecule has 3 aromatic rings. The minimum atomic E-state index is -0.240. The Bertz CT molecular complexity index is 882. The summed E-state index contributed by atoms with van der Waals surface area (Å²) in [4.78, 5) is 24.0. The summed E-state index contributed by atoms with van der Waals surface area (Å²) < 4.78 is 0. The summed E-state index contributed by atoms with van der Waals surface area (Å²) >= 11 is 1.15. The van der Waals surface area contributed by atoms with Gasteiger partial charge in [0.05, 0.1) is 5.69 Å². The standard InChI is InChI=1S/C18H15N3O2S/c1-12-2-8-15(9-3-12)24-18(23)19-14-6-4-13(5-7-14)16-10-11-17(22)21-20-16/h2-11H,1H3,(H,19,23)(H,21,22). The summed E-state index contributed by atoms with van der Waals surface area (Å²) in [7, 11) is 0. The highest BCUT2D eigenvalue weighted by Gasteiger charge is 2.06. The van der Waals surface area contributed by atoms with Gasteiger partial charge in [0.2, 0.25) is 0 Å². The second-order valence-corrected chi connectivity index (χ2v) is 6.26. The lowest BCUT2D eigenvalue weighted by Crippen LogP contribution is -2.06. The maximum Gasteiger partial charge on any atom is 0.288 e. The molecule has 24 heavy (non-hydrogen) atoms. The van der Waals surface area contributed by atoms with E-state index in [0.29, 0.717) is 11.4 Å². The number of hydrogen-bond donors (Lipinski definition) is 2. The molecular formula is C18H15N3O2S. The highest BCUT2D eigenvalue weighted by atomic mass is 32.2. The molecule has 0 saturated heterocycles. The lowest BCUT2D eigenvalue weighted by molar-refractivity contribution is 0.270. The molecule has 0 bridgehead atoms. The third kappa shape index (κ3) is 4.11. The van der Waals surface area contributed by atoms with E-state index >= 15 is 0 Å². The summed E-state index contributed by atoms with van der Waals surface area (Å²) in [6.07, 6.45) is 0. The zero-order valence-corrected chi connectivity index (χ0v) is 13.8. The van der Waals surface area contributed by atoms with E-state index < -0.39 is 0 Å². The largest absolute Gasteiger partial charge is 0.317 e. The van der Waals surface area contributed by atoms with Crippen molar-refractivity contribution < 1.29 is 4.79 Å². The fraction of sp³-hybridized carbons (Fsp3) is 0.0556. The van der Waals surface area contributed by atoms with Gasteiger partial charge in [0.1, 0.15) is 0 Å². The number of anilines is 1. The van der Waals surface area contributed by atoms with Crippen LogP contribution in [0, 0.1) is 6.92 Å². The van der Waals surface area contributed by atoms with Gasteiger partial charge in [-0.2, -0.15) is 5.10 Å². The molecule has 2 N–H and O–H groups in total. The first-order valence-corrected chi connectivity index (χ1v) is 8.13. The molecule has 0 aliphatic rings. The van der Waals surface area contributed by atoms with Gasteiger partial charge in [-0.25, -0.2) is 5.10 Å². The number of hydrogen-bond acceptors (Lipinski definition) is 4. The molecule has 1 aromatic heterocycles. The van der Waals surface area contributed by atoms with Gasteiger partial charge in [-0.15, -0.1) is 0 Å². The minimum absolute atomic E-state index is 0.145. The van der Waals surface area contributed by atoms with Gasteiger partial charge in [0.15, 0.2) is 0 Å². The van der Waals surface area contributed by atoms with Crippen molar-refractivity contribution in [1.82, 2.24) is 10.2 Å². The Morgan fingerprint density at radius 2 is 1.71 bits per heavy atom. The summed E-state index contributed by atoms with van der Waals surface area (Å²) in [5, 5.41) is 9.06. The number of thioether (sulfide) groups is 1. The fourth-order valence-electron chi connectivity index (χ4n) is 2.09. The SMILES string of the molecule is Cc1ccc(SC(=O)Nc2ccc(-c3ccc(=O)[nH]n3)cc2)cc1. The number of aromatic nitrogens is 2. The highest BCUT2D eigenvalue weighted by Crippen LogP contribution is 2.23. The first-order valence-electron chi connectivity index (χ1n) is 7.32. The molecule has 3 rings (SSSR count). The summed E-state index contributed by atoms with van der Waals surface area (Å²) in [5.74, 6) is 0. The van der Waals surface area contributed by atoms with E-state index in [-0.39, 0.29) is 10.8 Å². The molecule has 1 amide bonds. The van der Waals surface area contributed by atoms with Crippen LogP contribution >= 0.6 is 11.8 Å². The average Bonchev–Trinajstić information content (AvgIpc) is 2.58. The Kier molecular flexibility index (Phi) is 4.77. The van der Waals surface area contributed by atoms with Crippen molar-refractivity contribution in [3.8, 4) is 11.3 Å². The molecule has 120 valence electrons. The Hall–Kier alpha value is -2.86. The molecule has 0 saturated carbocycles. The zero-order valence-electron chi connectivity index (χ0n) is 12.9. The normalized spacial score (nSPS) is 10.4. The van der Waals surface area contributed by atoms with Crippen LogP contribution in [-0.2, 0) is 0 Å². The van der Waals surface area contributed by atoms with Crippen LogP contribution in [0.2, 0.25) is 0 Å². The molecule has 0 aliphatic heterocycles. The number of nitrogens with one attached hydrogen (secondary N) is 2. The predicted molar refractivity (Wildman–Crippen MR) is 96.3 cm³/mol. The third-order valence-electron chi connectivity index (χ3n) is 3.34. The van der Waals surface area contributed by atoms with Gasteiger partial charge >= 0.3 is 0 Å². The van der Waals surface area contributed by atoms with Crippen molar-refractivity contribution in [3.63, 3.8) is 0 Å². The molecule has 6 heteroatoms. The summed E-state index contributed by atoms with van der Waals surface area (Å²) in [6.45, 7) is 2.01. The van der Waals surface area contributed by atoms with E-state index in [9.17, 15) is 9.59 Å². The number of H-pyrrole nitrogens is 1. The van der Waals surface area contributed by atoms with E-state index in [0.717, 1.165) is 27.8 Å². The number of benzene rings is 2. The molecule has 0 fully saturated rings. The quantitative estimate of drug-likeness (QED) is 0.707. The van der Waals surface area contributed by atoms with Gasteiger partial charge in [0.25, 0.3) is 10.8 Å². The van der Waals surface area contributed by atoms with Crippen LogP contribution in [0.25, 0.3) is 11.3 Å². The van der Waals surface area contributed by atoms with E-state index in [2.05, 4.69) is 15.5 Å². The number of carbonyl (C=O) groups is 1. The van der Waals surface area contributed by atoms with Crippen molar-refractivity contribution >= 4 is 22.7 Å².